The number of fused-ring (bicyclic) bond motifs is 1. The molecule has 4 rings (SSSR count). The average molecular weight is 560 g/mol. The van der Waals surface area contributed by atoms with E-state index in [4.69, 9.17) is 16.3 Å². The highest BCUT2D eigenvalue weighted by atomic mass is 35.5. The molecule has 4 aromatic rings. The Hall–Kier alpha value is -4.25. The predicted octanol–water partition coefficient (Wildman–Crippen LogP) is 5.41. The van der Waals surface area contributed by atoms with E-state index in [1.165, 1.54) is 30.3 Å². The Balaban J connectivity index is 1.36. The summed E-state index contributed by atoms with van der Waals surface area (Å²) in [4.78, 5) is 37.1. The molecule has 8 nitrogen and oxygen atoms in total. The van der Waals surface area contributed by atoms with Gasteiger partial charge in [0.2, 0.25) is 0 Å². The van der Waals surface area contributed by atoms with Crippen molar-refractivity contribution in [2.45, 2.75) is 32.2 Å². The number of alkyl halides is 3. The van der Waals surface area contributed by atoms with E-state index in [-0.39, 0.29) is 37.1 Å². The van der Waals surface area contributed by atoms with E-state index >= 15 is 0 Å². The summed E-state index contributed by atoms with van der Waals surface area (Å²) in [5, 5.41) is 17.4. The molecule has 3 aromatic carbocycles. The first kappa shape index (κ1) is 27.8. The number of hydrogen-bond donors (Lipinski definition) is 1. The summed E-state index contributed by atoms with van der Waals surface area (Å²) in [6, 6.07) is 15.9. The van der Waals surface area contributed by atoms with Gasteiger partial charge >= 0.3 is 12.1 Å². The van der Waals surface area contributed by atoms with E-state index in [1.807, 2.05) is 0 Å². The lowest BCUT2D eigenvalue weighted by atomic mass is 9.95. The third kappa shape index (κ3) is 6.80. The molecule has 0 saturated heterocycles. The zero-order valence-corrected chi connectivity index (χ0v) is 20.9. The molecular formula is C27H21ClF3N3O5. The molecular weight excluding hydrogens is 539 g/mol. The minimum absolute atomic E-state index is 0.0177. The second-order valence-corrected chi connectivity index (χ2v) is 9.12. The minimum atomic E-state index is -4.60. The van der Waals surface area contributed by atoms with Crippen LogP contribution in [0.5, 0.6) is 5.75 Å². The molecule has 0 aliphatic heterocycles. The van der Waals surface area contributed by atoms with E-state index in [9.17, 15) is 32.7 Å². The number of aromatic nitrogens is 3. The van der Waals surface area contributed by atoms with Crippen molar-refractivity contribution in [3.05, 3.63) is 98.8 Å². The average Bonchev–Trinajstić information content (AvgIpc) is 2.91. The van der Waals surface area contributed by atoms with E-state index in [2.05, 4.69) is 10.3 Å². The van der Waals surface area contributed by atoms with E-state index < -0.39 is 40.0 Å². The molecule has 1 atom stereocenters. The van der Waals surface area contributed by atoms with Crippen LogP contribution < -0.4 is 10.3 Å². The number of Topliss-reactive ketones (excluding diaryl/α,β-unsaturated/α-hetero) is 1. The van der Waals surface area contributed by atoms with Crippen molar-refractivity contribution in [1.82, 2.24) is 15.0 Å². The highest BCUT2D eigenvalue weighted by molar-refractivity contribution is 6.31. The SMILES string of the molecule is O=C(CC(CCn1nnc2ccccc2c1=O)C(=O)O)c1ccc(OCc2ccc(Cl)c(C(F)(F)F)c2)cc1. The molecule has 0 aliphatic carbocycles. The van der Waals surface area contributed by atoms with Crippen molar-refractivity contribution in [2.24, 2.45) is 5.92 Å². The number of nitrogens with zero attached hydrogens (tertiary/aromatic N) is 3. The van der Waals surface area contributed by atoms with Crippen molar-refractivity contribution < 1.29 is 32.6 Å². The van der Waals surface area contributed by atoms with Crippen LogP contribution in [0.25, 0.3) is 10.9 Å². The first-order chi connectivity index (χ1) is 18.5. The number of halogens is 4. The van der Waals surface area contributed by atoms with Crippen LogP contribution in [0, 0.1) is 5.92 Å². The number of ether oxygens (including phenoxy) is 1. The van der Waals surface area contributed by atoms with Gasteiger partial charge in [0.05, 0.1) is 21.9 Å². The van der Waals surface area contributed by atoms with Crippen LogP contribution in [0.3, 0.4) is 0 Å². The molecule has 39 heavy (non-hydrogen) atoms. The number of rotatable bonds is 10. The summed E-state index contributed by atoms with van der Waals surface area (Å²) in [6.45, 7) is -0.194. The molecule has 0 amide bonds. The Kier molecular flexibility index (Phi) is 8.29. The fourth-order valence-corrected chi connectivity index (χ4v) is 4.11. The Morgan fingerprint density at radius 2 is 1.77 bits per heavy atom. The van der Waals surface area contributed by atoms with E-state index in [0.717, 1.165) is 16.8 Å². The Morgan fingerprint density at radius 1 is 1.05 bits per heavy atom. The van der Waals surface area contributed by atoms with E-state index in [1.54, 1.807) is 24.3 Å². The van der Waals surface area contributed by atoms with Crippen LogP contribution in [0.15, 0.2) is 71.5 Å². The molecule has 0 bridgehead atoms. The number of benzene rings is 3. The summed E-state index contributed by atoms with van der Waals surface area (Å²) in [5.41, 5.74) is -0.444. The third-order valence-electron chi connectivity index (χ3n) is 6.02. The lowest BCUT2D eigenvalue weighted by molar-refractivity contribution is -0.142. The van der Waals surface area contributed by atoms with Crippen molar-refractivity contribution in [2.75, 3.05) is 0 Å². The van der Waals surface area contributed by atoms with Crippen LogP contribution in [-0.2, 0) is 24.1 Å². The highest BCUT2D eigenvalue weighted by Crippen LogP contribution is 2.35. The smallest absolute Gasteiger partial charge is 0.417 e. The number of aryl methyl sites for hydroxylation is 1. The summed E-state index contributed by atoms with van der Waals surface area (Å²) < 4.78 is 45.7. The van der Waals surface area contributed by atoms with Gasteiger partial charge in [0.25, 0.3) is 5.56 Å². The van der Waals surface area contributed by atoms with Gasteiger partial charge in [-0.2, -0.15) is 13.2 Å². The Bertz CT molecular complexity index is 1570. The van der Waals surface area contributed by atoms with Crippen LogP contribution in [0.2, 0.25) is 5.02 Å². The Labute approximate surface area is 224 Å². The number of carbonyl (C=O) groups is 2. The van der Waals surface area contributed by atoms with Gasteiger partial charge in [-0.3, -0.25) is 14.4 Å². The molecule has 0 spiro atoms. The fraction of sp³-hybridized carbons (Fsp3) is 0.222. The second-order valence-electron chi connectivity index (χ2n) is 8.71. The molecule has 0 fully saturated rings. The van der Waals surface area contributed by atoms with Crippen molar-refractivity contribution >= 4 is 34.3 Å². The summed E-state index contributed by atoms with van der Waals surface area (Å²) in [6.07, 6.45) is -4.92. The molecule has 1 heterocycles. The molecule has 12 heteroatoms. The molecule has 1 N–H and O–H groups in total. The maximum atomic E-state index is 13.0. The molecule has 1 aromatic heterocycles. The normalized spacial score (nSPS) is 12.3. The first-order valence-corrected chi connectivity index (χ1v) is 12.1. The summed E-state index contributed by atoms with van der Waals surface area (Å²) in [5.74, 6) is -2.38. The lowest BCUT2D eigenvalue weighted by Gasteiger charge is -2.13. The zero-order chi connectivity index (χ0) is 28.2. The van der Waals surface area contributed by atoms with Gasteiger partial charge in [0, 0.05) is 18.5 Å². The standard InChI is InChI=1S/C27H21ClF3N3O5/c28-22-10-5-16(13-21(22)27(29,30)31)15-39-19-8-6-17(7-9-19)24(35)14-18(26(37)38)11-12-34-25(36)20-3-1-2-4-23(20)32-33-34/h1-10,13,18H,11-12,14-15H2,(H,37,38). The maximum Gasteiger partial charge on any atom is 0.417 e. The lowest BCUT2D eigenvalue weighted by Crippen LogP contribution is -2.27. The maximum absolute atomic E-state index is 13.0. The van der Waals surface area contributed by atoms with Crippen LogP contribution in [0.4, 0.5) is 13.2 Å². The van der Waals surface area contributed by atoms with Crippen molar-refractivity contribution in [3.8, 4) is 5.75 Å². The van der Waals surface area contributed by atoms with Gasteiger partial charge in [0.15, 0.2) is 5.78 Å². The van der Waals surface area contributed by atoms with Gasteiger partial charge in [0.1, 0.15) is 17.9 Å². The predicted molar refractivity (Wildman–Crippen MR) is 136 cm³/mol. The molecule has 0 saturated carbocycles. The van der Waals surface area contributed by atoms with Crippen LogP contribution >= 0.6 is 11.6 Å². The molecule has 0 aliphatic rings. The van der Waals surface area contributed by atoms with Gasteiger partial charge < -0.3 is 9.84 Å². The van der Waals surface area contributed by atoms with Crippen LogP contribution in [-0.4, -0.2) is 31.9 Å². The number of ketones is 1. The highest BCUT2D eigenvalue weighted by Gasteiger charge is 2.33. The van der Waals surface area contributed by atoms with Gasteiger partial charge in [-0.05, 0) is 60.5 Å². The number of carboxylic acids is 1. The van der Waals surface area contributed by atoms with Gasteiger partial charge in [-0.15, -0.1) is 5.10 Å². The largest absolute Gasteiger partial charge is 0.489 e. The van der Waals surface area contributed by atoms with Gasteiger partial charge in [-0.1, -0.05) is 35.0 Å². The first-order valence-electron chi connectivity index (χ1n) is 11.7. The molecule has 1 unspecified atom stereocenters. The Morgan fingerprint density at radius 3 is 2.46 bits per heavy atom. The van der Waals surface area contributed by atoms with Crippen LogP contribution in [0.1, 0.15) is 34.3 Å². The number of hydrogen-bond acceptors (Lipinski definition) is 6. The number of aliphatic carboxylic acids is 1. The molecule has 202 valence electrons. The quantitative estimate of drug-likeness (QED) is 0.259. The minimum Gasteiger partial charge on any atom is -0.489 e. The summed E-state index contributed by atoms with van der Waals surface area (Å²) in [7, 11) is 0. The van der Waals surface area contributed by atoms with Crippen molar-refractivity contribution in [3.63, 3.8) is 0 Å². The second kappa shape index (κ2) is 11.6. The monoisotopic (exact) mass is 559 g/mol. The number of carbonyl (C=O) groups excluding carboxylic acids is 1. The number of carboxylic acid groups (broad SMARTS) is 1. The summed E-state index contributed by atoms with van der Waals surface area (Å²) >= 11 is 5.63. The zero-order valence-electron chi connectivity index (χ0n) is 20.2. The molecule has 0 radical (unpaired) electrons. The van der Waals surface area contributed by atoms with E-state index in [0.29, 0.717) is 16.7 Å². The van der Waals surface area contributed by atoms with Crippen molar-refractivity contribution in [1.29, 1.82) is 0 Å². The van der Waals surface area contributed by atoms with Gasteiger partial charge in [-0.25, -0.2) is 4.68 Å². The fourth-order valence-electron chi connectivity index (χ4n) is 3.89. The topological polar surface area (TPSA) is 111 Å². The third-order valence-corrected chi connectivity index (χ3v) is 6.35.